The molecule has 0 aromatic heterocycles. The molecule has 1 aliphatic heterocycles. The molecule has 0 N–H and O–H groups in total. The molecule has 0 amide bonds. The van der Waals surface area contributed by atoms with Crippen molar-refractivity contribution >= 4 is 0 Å². The maximum atomic E-state index is 6.15. The summed E-state index contributed by atoms with van der Waals surface area (Å²) in [4.78, 5) is 2.56. The first-order chi connectivity index (χ1) is 8.66. The smallest absolute Gasteiger partial charge is 0.102 e. The van der Waals surface area contributed by atoms with Crippen LogP contribution in [0.5, 0.6) is 0 Å². The van der Waals surface area contributed by atoms with E-state index in [1.807, 2.05) is 0 Å². The van der Waals surface area contributed by atoms with E-state index in [4.69, 9.17) is 4.74 Å². The molecule has 1 heterocycles. The molecule has 0 radical (unpaired) electrons. The van der Waals surface area contributed by atoms with Crippen molar-refractivity contribution in [2.45, 2.75) is 61.3 Å². The maximum Gasteiger partial charge on any atom is 0.102 e. The first kappa shape index (κ1) is 16.6. The van der Waals surface area contributed by atoms with Gasteiger partial charge in [0.1, 0.15) is 12.4 Å². The summed E-state index contributed by atoms with van der Waals surface area (Å²) in [6.07, 6.45) is 2.54. The molecule has 0 spiro atoms. The Labute approximate surface area is 120 Å². The van der Waals surface area contributed by atoms with Gasteiger partial charge in [-0.25, -0.2) is 0 Å². The van der Waals surface area contributed by atoms with Crippen LogP contribution in [0.15, 0.2) is 11.3 Å². The van der Waals surface area contributed by atoms with Gasteiger partial charge in [-0.05, 0) is 24.0 Å². The quantitative estimate of drug-likeness (QED) is 0.748. The van der Waals surface area contributed by atoms with Crippen LogP contribution in [0.3, 0.4) is 0 Å². The Kier molecular flexibility index (Phi) is 5.49. The lowest BCUT2D eigenvalue weighted by Crippen LogP contribution is -2.32. The Balaban J connectivity index is 3.02. The van der Waals surface area contributed by atoms with Gasteiger partial charge in [0, 0.05) is 18.5 Å². The Morgan fingerprint density at radius 2 is 1.68 bits per heavy atom. The SMILES string of the molecule is CCCCN1CCOC(C(C)(C)C)=C(C(C)(C)C)C1. The first-order valence-corrected chi connectivity index (χ1v) is 7.75. The largest absolute Gasteiger partial charge is 0.496 e. The highest BCUT2D eigenvalue weighted by molar-refractivity contribution is 5.22. The molecular weight excluding hydrogens is 234 g/mol. The third-order valence-corrected chi connectivity index (χ3v) is 3.72. The van der Waals surface area contributed by atoms with Gasteiger partial charge in [-0.2, -0.15) is 0 Å². The van der Waals surface area contributed by atoms with Crippen molar-refractivity contribution < 1.29 is 4.74 Å². The third kappa shape index (κ3) is 4.83. The Hall–Kier alpha value is -0.500. The summed E-state index contributed by atoms with van der Waals surface area (Å²) in [6.45, 7) is 20.1. The minimum Gasteiger partial charge on any atom is -0.496 e. The summed E-state index contributed by atoms with van der Waals surface area (Å²) in [7, 11) is 0. The molecule has 0 saturated heterocycles. The van der Waals surface area contributed by atoms with E-state index in [1.165, 1.54) is 30.7 Å². The molecule has 0 bridgehead atoms. The van der Waals surface area contributed by atoms with E-state index in [-0.39, 0.29) is 10.8 Å². The summed E-state index contributed by atoms with van der Waals surface area (Å²) in [6, 6.07) is 0. The van der Waals surface area contributed by atoms with Crippen LogP contribution in [0.25, 0.3) is 0 Å². The van der Waals surface area contributed by atoms with E-state index in [9.17, 15) is 0 Å². The monoisotopic (exact) mass is 267 g/mol. The zero-order chi connectivity index (χ0) is 14.7. The lowest BCUT2D eigenvalue weighted by Gasteiger charge is -2.32. The van der Waals surface area contributed by atoms with Gasteiger partial charge < -0.3 is 4.74 Å². The van der Waals surface area contributed by atoms with Crippen LogP contribution < -0.4 is 0 Å². The molecule has 112 valence electrons. The van der Waals surface area contributed by atoms with Gasteiger partial charge >= 0.3 is 0 Å². The standard InChI is InChI=1S/C17H33NO/c1-8-9-10-18-11-12-19-15(17(5,6)7)14(13-18)16(2,3)4/h8-13H2,1-7H3. The zero-order valence-electron chi connectivity index (χ0n) is 14.1. The predicted octanol–water partition coefficient (Wildman–Crippen LogP) is 4.47. The van der Waals surface area contributed by atoms with Crippen molar-refractivity contribution in [3.8, 4) is 0 Å². The minimum absolute atomic E-state index is 0.101. The molecule has 1 aliphatic rings. The van der Waals surface area contributed by atoms with E-state index in [0.29, 0.717) is 0 Å². The highest BCUT2D eigenvalue weighted by Crippen LogP contribution is 2.38. The summed E-state index contributed by atoms with van der Waals surface area (Å²) >= 11 is 0. The van der Waals surface area contributed by atoms with Gasteiger partial charge in [-0.15, -0.1) is 0 Å². The molecular formula is C17H33NO. The van der Waals surface area contributed by atoms with Gasteiger partial charge in [0.25, 0.3) is 0 Å². The second kappa shape index (κ2) is 6.30. The lowest BCUT2D eigenvalue weighted by molar-refractivity contribution is 0.137. The predicted molar refractivity (Wildman–Crippen MR) is 83.2 cm³/mol. The Morgan fingerprint density at radius 3 is 2.16 bits per heavy atom. The highest BCUT2D eigenvalue weighted by atomic mass is 16.5. The number of unbranched alkanes of at least 4 members (excludes halogenated alkanes) is 1. The summed E-state index contributed by atoms with van der Waals surface area (Å²) in [5, 5.41) is 0. The van der Waals surface area contributed by atoms with E-state index in [2.05, 4.69) is 53.4 Å². The third-order valence-electron chi connectivity index (χ3n) is 3.72. The molecule has 0 aromatic carbocycles. The fraction of sp³-hybridized carbons (Fsp3) is 0.882. The summed E-state index contributed by atoms with van der Waals surface area (Å²) < 4.78 is 6.15. The van der Waals surface area contributed by atoms with E-state index in [0.717, 1.165) is 19.7 Å². The average Bonchev–Trinajstić information content (AvgIpc) is 2.47. The van der Waals surface area contributed by atoms with Crippen LogP contribution in [0, 0.1) is 10.8 Å². The molecule has 1 rings (SSSR count). The van der Waals surface area contributed by atoms with Crippen molar-refractivity contribution in [3.63, 3.8) is 0 Å². The van der Waals surface area contributed by atoms with Gasteiger partial charge in [0.15, 0.2) is 0 Å². The minimum atomic E-state index is 0.101. The van der Waals surface area contributed by atoms with Crippen molar-refractivity contribution in [1.82, 2.24) is 4.90 Å². The second-order valence-corrected chi connectivity index (χ2v) is 7.79. The van der Waals surface area contributed by atoms with Crippen LogP contribution in [0.1, 0.15) is 61.3 Å². The fourth-order valence-corrected chi connectivity index (χ4v) is 2.56. The van der Waals surface area contributed by atoms with Crippen LogP contribution >= 0.6 is 0 Å². The molecule has 0 aromatic rings. The molecule has 0 atom stereocenters. The van der Waals surface area contributed by atoms with Crippen molar-refractivity contribution in [2.75, 3.05) is 26.2 Å². The number of ether oxygens (including phenoxy) is 1. The Morgan fingerprint density at radius 1 is 1.05 bits per heavy atom. The van der Waals surface area contributed by atoms with Crippen molar-refractivity contribution in [2.24, 2.45) is 10.8 Å². The summed E-state index contributed by atoms with van der Waals surface area (Å²) in [5.74, 6) is 1.22. The molecule has 19 heavy (non-hydrogen) atoms. The molecule has 0 unspecified atom stereocenters. The first-order valence-electron chi connectivity index (χ1n) is 7.75. The van der Waals surface area contributed by atoms with Crippen molar-refractivity contribution in [3.05, 3.63) is 11.3 Å². The number of rotatable bonds is 3. The van der Waals surface area contributed by atoms with Gasteiger partial charge in [-0.1, -0.05) is 54.9 Å². The average molecular weight is 267 g/mol. The number of nitrogens with zero attached hydrogens (tertiary/aromatic N) is 1. The highest BCUT2D eigenvalue weighted by Gasteiger charge is 2.32. The topological polar surface area (TPSA) is 12.5 Å². The van der Waals surface area contributed by atoms with E-state index in [1.54, 1.807) is 0 Å². The maximum absolute atomic E-state index is 6.15. The molecule has 0 fully saturated rings. The number of allylic oxidation sites excluding steroid dienone is 1. The lowest BCUT2D eigenvalue weighted by atomic mass is 9.79. The van der Waals surface area contributed by atoms with Crippen LogP contribution in [0.2, 0.25) is 0 Å². The number of hydrogen-bond acceptors (Lipinski definition) is 2. The molecule has 2 nitrogen and oxygen atoms in total. The van der Waals surface area contributed by atoms with E-state index >= 15 is 0 Å². The van der Waals surface area contributed by atoms with Crippen LogP contribution in [-0.4, -0.2) is 31.1 Å². The Bertz CT molecular complexity index is 317. The number of hydrogen-bond donors (Lipinski definition) is 0. The molecule has 0 saturated carbocycles. The van der Waals surface area contributed by atoms with Crippen molar-refractivity contribution in [1.29, 1.82) is 0 Å². The van der Waals surface area contributed by atoms with Gasteiger partial charge in [0.2, 0.25) is 0 Å². The van der Waals surface area contributed by atoms with Crippen LogP contribution in [-0.2, 0) is 4.74 Å². The second-order valence-electron chi connectivity index (χ2n) is 7.79. The van der Waals surface area contributed by atoms with Gasteiger partial charge in [0.05, 0.1) is 0 Å². The summed E-state index contributed by atoms with van der Waals surface area (Å²) in [5.41, 5.74) is 1.76. The molecule has 0 aliphatic carbocycles. The zero-order valence-corrected chi connectivity index (χ0v) is 14.1. The normalized spacial score (nSPS) is 19.3. The fourth-order valence-electron chi connectivity index (χ4n) is 2.56. The van der Waals surface area contributed by atoms with Gasteiger partial charge in [-0.3, -0.25) is 4.90 Å². The van der Waals surface area contributed by atoms with E-state index < -0.39 is 0 Å². The molecule has 2 heteroatoms. The van der Waals surface area contributed by atoms with Crippen LogP contribution in [0.4, 0.5) is 0 Å².